The Morgan fingerprint density at radius 1 is 1.43 bits per heavy atom. The Morgan fingerprint density at radius 3 is 2.38 bits per heavy atom. The fourth-order valence-corrected chi connectivity index (χ4v) is 3.15. The molecular weight excluding hydrogens is 286 g/mol. The molecule has 3 unspecified atom stereocenters. The van der Waals surface area contributed by atoms with E-state index < -0.39 is 5.60 Å². The molecule has 3 atom stereocenters. The van der Waals surface area contributed by atoms with E-state index in [1.54, 1.807) is 0 Å². The van der Waals surface area contributed by atoms with Crippen molar-refractivity contribution in [1.82, 2.24) is 10.2 Å². The fourth-order valence-electron chi connectivity index (χ4n) is 2.30. The number of nitrogens with zero attached hydrogens (tertiary/aromatic N) is 1. The molecule has 0 heterocycles. The van der Waals surface area contributed by atoms with Crippen molar-refractivity contribution < 1.29 is 9.53 Å². The van der Waals surface area contributed by atoms with Gasteiger partial charge in [-0.3, -0.25) is 4.90 Å². The molecule has 1 amide bonds. The van der Waals surface area contributed by atoms with Crippen LogP contribution in [0.15, 0.2) is 0 Å². The number of likely N-dealkylation sites (N-methyl/N-ethyl adjacent to an activating group) is 1. The number of hydrogen-bond donors (Lipinski definition) is 2. The number of thioether (sulfide) groups is 1. The quantitative estimate of drug-likeness (QED) is 0.718. The molecule has 3 N–H and O–H groups in total. The van der Waals surface area contributed by atoms with Crippen molar-refractivity contribution in [2.75, 3.05) is 25.6 Å². The maximum absolute atomic E-state index is 11.9. The van der Waals surface area contributed by atoms with Crippen LogP contribution in [-0.2, 0) is 4.74 Å². The van der Waals surface area contributed by atoms with Crippen LogP contribution in [0.1, 0.15) is 41.0 Å². The average Bonchev–Trinajstić information content (AvgIpc) is 2.33. The van der Waals surface area contributed by atoms with Crippen LogP contribution >= 0.6 is 11.8 Å². The normalized spacial score (nSPS) is 16.4. The highest BCUT2D eigenvalue weighted by Crippen LogP contribution is 2.14. The summed E-state index contributed by atoms with van der Waals surface area (Å²) in [5.74, 6) is 1.06. The van der Waals surface area contributed by atoms with Crippen LogP contribution in [0.2, 0.25) is 0 Å². The smallest absolute Gasteiger partial charge is 0.407 e. The van der Waals surface area contributed by atoms with Gasteiger partial charge in [-0.1, -0.05) is 6.92 Å². The Hall–Kier alpha value is -0.460. The summed E-state index contributed by atoms with van der Waals surface area (Å²) in [6.45, 7) is 10.2. The highest BCUT2D eigenvalue weighted by molar-refractivity contribution is 7.98. The third kappa shape index (κ3) is 7.93. The van der Waals surface area contributed by atoms with E-state index in [2.05, 4.69) is 30.4 Å². The standard InChI is InChI=1S/C15H33N3O2S/c1-8-12(10-21-7)18(6)13(9-16)11(2)17-14(19)20-15(3,4)5/h11-13H,8-10,16H2,1-7H3,(H,17,19). The van der Waals surface area contributed by atoms with Gasteiger partial charge in [0.15, 0.2) is 0 Å². The molecule has 5 nitrogen and oxygen atoms in total. The van der Waals surface area contributed by atoms with Crippen molar-refractivity contribution in [2.45, 2.75) is 64.8 Å². The van der Waals surface area contributed by atoms with E-state index in [4.69, 9.17) is 10.5 Å². The molecule has 0 aliphatic carbocycles. The van der Waals surface area contributed by atoms with Gasteiger partial charge >= 0.3 is 6.09 Å². The molecule has 0 rings (SSSR count). The first-order valence-corrected chi connectivity index (χ1v) is 8.96. The second kappa shape index (κ2) is 9.54. The second-order valence-corrected chi connectivity index (χ2v) is 7.33. The minimum absolute atomic E-state index is 0.0641. The summed E-state index contributed by atoms with van der Waals surface area (Å²) in [5, 5.41) is 2.90. The second-order valence-electron chi connectivity index (χ2n) is 6.42. The third-order valence-corrected chi connectivity index (χ3v) is 4.21. The number of nitrogens with one attached hydrogen (secondary N) is 1. The Balaban J connectivity index is 4.66. The van der Waals surface area contributed by atoms with Crippen LogP contribution in [0.3, 0.4) is 0 Å². The van der Waals surface area contributed by atoms with Gasteiger partial charge in [0.25, 0.3) is 0 Å². The number of alkyl carbamates (subject to hydrolysis) is 1. The summed E-state index contributed by atoms with van der Waals surface area (Å²) in [7, 11) is 2.08. The van der Waals surface area contributed by atoms with Crippen LogP contribution in [0.5, 0.6) is 0 Å². The molecular formula is C15H33N3O2S. The maximum atomic E-state index is 11.9. The Morgan fingerprint density at radius 2 is 2.00 bits per heavy atom. The van der Waals surface area contributed by atoms with Gasteiger partial charge in [-0.05, 0) is 47.4 Å². The van der Waals surface area contributed by atoms with Gasteiger partial charge in [-0.25, -0.2) is 4.79 Å². The van der Waals surface area contributed by atoms with Crippen molar-refractivity contribution in [3.8, 4) is 0 Å². The zero-order chi connectivity index (χ0) is 16.6. The lowest BCUT2D eigenvalue weighted by Crippen LogP contribution is -2.56. The van der Waals surface area contributed by atoms with Crippen molar-refractivity contribution in [3.63, 3.8) is 0 Å². The van der Waals surface area contributed by atoms with Crippen LogP contribution in [0, 0.1) is 0 Å². The van der Waals surface area contributed by atoms with Gasteiger partial charge < -0.3 is 15.8 Å². The van der Waals surface area contributed by atoms with Crippen LogP contribution < -0.4 is 11.1 Å². The van der Waals surface area contributed by atoms with Gasteiger partial charge in [0, 0.05) is 30.4 Å². The van der Waals surface area contributed by atoms with Crippen LogP contribution in [0.4, 0.5) is 4.79 Å². The predicted octanol–water partition coefficient (Wildman–Crippen LogP) is 2.30. The molecule has 0 aromatic heterocycles. The van der Waals surface area contributed by atoms with Crippen LogP contribution in [0.25, 0.3) is 0 Å². The minimum Gasteiger partial charge on any atom is -0.444 e. The van der Waals surface area contributed by atoms with Gasteiger partial charge in [-0.2, -0.15) is 11.8 Å². The molecule has 0 fully saturated rings. The zero-order valence-electron chi connectivity index (χ0n) is 14.6. The molecule has 0 saturated heterocycles. The summed E-state index contributed by atoms with van der Waals surface area (Å²) in [5.41, 5.74) is 5.44. The van der Waals surface area contributed by atoms with E-state index in [0.717, 1.165) is 12.2 Å². The molecule has 0 radical (unpaired) electrons. The number of nitrogens with two attached hydrogens (primary N) is 1. The lowest BCUT2D eigenvalue weighted by atomic mass is 10.1. The van der Waals surface area contributed by atoms with E-state index in [0.29, 0.717) is 12.6 Å². The fraction of sp³-hybridized carbons (Fsp3) is 0.933. The van der Waals surface area contributed by atoms with Crippen molar-refractivity contribution in [3.05, 3.63) is 0 Å². The molecule has 0 spiro atoms. The van der Waals surface area contributed by atoms with E-state index in [1.807, 2.05) is 39.5 Å². The monoisotopic (exact) mass is 319 g/mol. The average molecular weight is 320 g/mol. The summed E-state index contributed by atoms with van der Waals surface area (Å²) in [6, 6.07) is 0.483. The molecule has 0 aliphatic rings. The molecule has 0 aromatic rings. The molecule has 21 heavy (non-hydrogen) atoms. The Bertz CT molecular complexity index is 308. The summed E-state index contributed by atoms with van der Waals surface area (Å²) in [6.07, 6.45) is 2.78. The first-order chi connectivity index (χ1) is 9.66. The lowest BCUT2D eigenvalue weighted by Gasteiger charge is -2.37. The van der Waals surface area contributed by atoms with Gasteiger partial charge in [0.1, 0.15) is 5.60 Å². The molecule has 6 heteroatoms. The summed E-state index contributed by atoms with van der Waals surface area (Å²) < 4.78 is 5.30. The predicted molar refractivity (Wildman–Crippen MR) is 91.9 cm³/mol. The number of amides is 1. The number of hydrogen-bond acceptors (Lipinski definition) is 5. The van der Waals surface area contributed by atoms with Crippen LogP contribution in [-0.4, -0.2) is 60.3 Å². The first-order valence-electron chi connectivity index (χ1n) is 7.56. The zero-order valence-corrected chi connectivity index (χ0v) is 15.4. The largest absolute Gasteiger partial charge is 0.444 e. The Labute approximate surface area is 134 Å². The topological polar surface area (TPSA) is 67.6 Å². The number of ether oxygens (including phenoxy) is 1. The maximum Gasteiger partial charge on any atom is 0.407 e. The minimum atomic E-state index is -0.487. The molecule has 126 valence electrons. The lowest BCUT2D eigenvalue weighted by molar-refractivity contribution is 0.0466. The molecule has 0 bridgehead atoms. The number of carbonyl (C=O) groups excluding carboxylic acids is 1. The van der Waals surface area contributed by atoms with Crippen molar-refractivity contribution in [2.24, 2.45) is 5.73 Å². The van der Waals surface area contributed by atoms with Crippen molar-refractivity contribution in [1.29, 1.82) is 0 Å². The van der Waals surface area contributed by atoms with E-state index in [-0.39, 0.29) is 18.2 Å². The van der Waals surface area contributed by atoms with Gasteiger partial charge in [0.05, 0.1) is 0 Å². The van der Waals surface area contributed by atoms with Gasteiger partial charge in [0.2, 0.25) is 0 Å². The SMILES string of the molecule is CCC(CSC)N(C)C(CN)C(C)NC(=O)OC(C)(C)C. The van der Waals surface area contributed by atoms with E-state index in [1.165, 1.54) is 0 Å². The van der Waals surface area contributed by atoms with Gasteiger partial charge in [-0.15, -0.1) is 0 Å². The number of carbonyl (C=O) groups is 1. The summed E-state index contributed by atoms with van der Waals surface area (Å²) in [4.78, 5) is 14.2. The Kier molecular flexibility index (Phi) is 9.33. The highest BCUT2D eigenvalue weighted by atomic mass is 32.2. The number of rotatable bonds is 8. The molecule has 0 aromatic carbocycles. The van der Waals surface area contributed by atoms with E-state index >= 15 is 0 Å². The summed E-state index contributed by atoms with van der Waals surface area (Å²) >= 11 is 1.83. The van der Waals surface area contributed by atoms with Crippen molar-refractivity contribution >= 4 is 17.9 Å². The third-order valence-electron chi connectivity index (χ3n) is 3.49. The van der Waals surface area contributed by atoms with E-state index in [9.17, 15) is 4.79 Å². The molecule has 0 aliphatic heterocycles. The highest BCUT2D eigenvalue weighted by Gasteiger charge is 2.27. The molecule has 0 saturated carbocycles. The first kappa shape index (κ1) is 20.5.